The minimum Gasteiger partial charge on any atom is -0.462 e. The molecular weight excluding hydrogens is 324 g/mol. The Hall–Kier alpha value is -3.09. The molecule has 1 aromatic carbocycles. The number of hydrogen-bond acceptors (Lipinski definition) is 7. The van der Waals surface area contributed by atoms with E-state index in [1.54, 1.807) is 31.2 Å². The molecular formula is C18H18N2O5. The van der Waals surface area contributed by atoms with Crippen molar-refractivity contribution in [1.29, 1.82) is 0 Å². The van der Waals surface area contributed by atoms with Gasteiger partial charge in [0.05, 0.1) is 12.1 Å². The summed E-state index contributed by atoms with van der Waals surface area (Å²) in [7, 11) is 0. The van der Waals surface area contributed by atoms with Crippen molar-refractivity contribution in [3.05, 3.63) is 35.4 Å². The number of ketones is 3. The van der Waals surface area contributed by atoms with Crippen LogP contribution in [0.4, 0.5) is 5.82 Å². The van der Waals surface area contributed by atoms with Crippen LogP contribution >= 0.6 is 0 Å². The summed E-state index contributed by atoms with van der Waals surface area (Å²) >= 11 is 0. The second-order valence-electron chi connectivity index (χ2n) is 5.50. The minimum absolute atomic E-state index is 0.0710. The van der Waals surface area contributed by atoms with E-state index in [4.69, 9.17) is 10.5 Å². The van der Waals surface area contributed by atoms with Crippen molar-refractivity contribution >= 4 is 40.0 Å². The molecule has 0 aliphatic carbocycles. The molecule has 0 bridgehead atoms. The molecule has 2 aromatic rings. The Morgan fingerprint density at radius 2 is 1.68 bits per heavy atom. The van der Waals surface area contributed by atoms with Gasteiger partial charge in [-0.05, 0) is 26.8 Å². The number of anilines is 1. The molecule has 130 valence electrons. The first-order valence-electron chi connectivity index (χ1n) is 7.70. The number of esters is 1. The van der Waals surface area contributed by atoms with Gasteiger partial charge in [-0.3, -0.25) is 14.4 Å². The Labute approximate surface area is 144 Å². The molecule has 1 aromatic heterocycles. The average Bonchev–Trinajstić information content (AvgIpc) is 2.52. The maximum absolute atomic E-state index is 13.0. The fraction of sp³-hybridized carbons (Fsp3) is 0.278. The highest BCUT2D eigenvalue weighted by molar-refractivity contribution is 6.28. The number of benzene rings is 1. The Kier molecular flexibility index (Phi) is 5.26. The van der Waals surface area contributed by atoms with Gasteiger partial charge in [-0.2, -0.15) is 0 Å². The predicted octanol–water partition coefficient (Wildman–Crippen LogP) is 1.97. The SMILES string of the molecule is CCOC(=O)c1c(N)nc2ccccc2c1C(=O)C(C(C)=O)C(C)=O. The van der Waals surface area contributed by atoms with E-state index in [0.717, 1.165) is 13.8 Å². The molecule has 0 unspecified atom stereocenters. The molecule has 0 aliphatic heterocycles. The molecule has 0 spiro atoms. The number of rotatable bonds is 6. The van der Waals surface area contributed by atoms with Gasteiger partial charge in [0.2, 0.25) is 0 Å². The fourth-order valence-electron chi connectivity index (χ4n) is 2.70. The molecule has 1 heterocycles. The molecule has 7 nitrogen and oxygen atoms in total. The Bertz CT molecular complexity index is 874. The minimum atomic E-state index is -1.50. The van der Waals surface area contributed by atoms with Gasteiger partial charge in [-0.25, -0.2) is 9.78 Å². The van der Waals surface area contributed by atoms with E-state index in [2.05, 4.69) is 4.98 Å². The van der Waals surface area contributed by atoms with Crippen LogP contribution in [-0.2, 0) is 14.3 Å². The van der Waals surface area contributed by atoms with Crippen LogP contribution in [-0.4, -0.2) is 34.9 Å². The average molecular weight is 342 g/mol. The zero-order valence-electron chi connectivity index (χ0n) is 14.2. The van der Waals surface area contributed by atoms with E-state index >= 15 is 0 Å². The summed E-state index contributed by atoms with van der Waals surface area (Å²) in [5.74, 6) is -4.51. The third-order valence-electron chi connectivity index (χ3n) is 3.72. The summed E-state index contributed by atoms with van der Waals surface area (Å²) in [4.78, 5) is 53.1. The van der Waals surface area contributed by atoms with Crippen molar-refractivity contribution < 1.29 is 23.9 Å². The van der Waals surface area contributed by atoms with E-state index in [9.17, 15) is 19.2 Å². The van der Waals surface area contributed by atoms with Gasteiger partial charge in [0.25, 0.3) is 0 Å². The van der Waals surface area contributed by atoms with E-state index in [1.165, 1.54) is 0 Å². The van der Waals surface area contributed by atoms with Gasteiger partial charge in [0, 0.05) is 10.9 Å². The zero-order valence-corrected chi connectivity index (χ0v) is 14.2. The number of aromatic nitrogens is 1. The van der Waals surface area contributed by atoms with Crippen molar-refractivity contribution in [2.45, 2.75) is 20.8 Å². The predicted molar refractivity (Wildman–Crippen MR) is 91.3 cm³/mol. The van der Waals surface area contributed by atoms with Crippen molar-refractivity contribution in [2.75, 3.05) is 12.3 Å². The maximum atomic E-state index is 13.0. The van der Waals surface area contributed by atoms with Gasteiger partial charge in [-0.1, -0.05) is 18.2 Å². The quantitative estimate of drug-likeness (QED) is 0.484. The van der Waals surface area contributed by atoms with Gasteiger partial charge in [0.15, 0.2) is 5.78 Å². The lowest BCUT2D eigenvalue weighted by Gasteiger charge is -2.16. The number of fused-ring (bicyclic) bond motifs is 1. The molecule has 0 radical (unpaired) electrons. The van der Waals surface area contributed by atoms with Gasteiger partial charge in [-0.15, -0.1) is 0 Å². The van der Waals surface area contributed by atoms with Crippen LogP contribution in [0.1, 0.15) is 41.5 Å². The van der Waals surface area contributed by atoms with Crippen LogP contribution in [0.15, 0.2) is 24.3 Å². The van der Waals surface area contributed by atoms with Crippen LogP contribution in [0.5, 0.6) is 0 Å². The molecule has 2 N–H and O–H groups in total. The second-order valence-corrected chi connectivity index (χ2v) is 5.50. The van der Waals surface area contributed by atoms with Gasteiger partial charge in [0.1, 0.15) is 28.9 Å². The number of ether oxygens (including phenoxy) is 1. The molecule has 0 saturated carbocycles. The van der Waals surface area contributed by atoms with Crippen molar-refractivity contribution in [3.63, 3.8) is 0 Å². The number of hydrogen-bond donors (Lipinski definition) is 1. The third-order valence-corrected chi connectivity index (χ3v) is 3.72. The first kappa shape index (κ1) is 18.3. The normalized spacial score (nSPS) is 10.7. The summed E-state index contributed by atoms with van der Waals surface area (Å²) < 4.78 is 4.97. The van der Waals surface area contributed by atoms with E-state index < -0.39 is 29.2 Å². The van der Waals surface area contributed by atoms with E-state index in [0.29, 0.717) is 10.9 Å². The number of pyridine rings is 1. The number of carbonyl (C=O) groups is 4. The fourth-order valence-corrected chi connectivity index (χ4v) is 2.70. The Morgan fingerprint density at radius 1 is 1.08 bits per heavy atom. The van der Waals surface area contributed by atoms with Crippen LogP contribution in [0.2, 0.25) is 0 Å². The lowest BCUT2D eigenvalue weighted by atomic mass is 9.87. The lowest BCUT2D eigenvalue weighted by Crippen LogP contribution is -2.31. The largest absolute Gasteiger partial charge is 0.462 e. The number of nitrogens with two attached hydrogens (primary N) is 1. The lowest BCUT2D eigenvalue weighted by molar-refractivity contribution is -0.128. The topological polar surface area (TPSA) is 116 Å². The Morgan fingerprint density at radius 3 is 2.24 bits per heavy atom. The number of nitrogens with zero attached hydrogens (tertiary/aromatic N) is 1. The number of Topliss-reactive ketones (excluding diaryl/α,β-unsaturated/α-hetero) is 3. The molecule has 0 aliphatic rings. The zero-order chi connectivity index (χ0) is 18.7. The molecule has 0 atom stereocenters. The molecule has 0 amide bonds. The smallest absolute Gasteiger partial charge is 0.342 e. The Balaban J connectivity index is 2.84. The third kappa shape index (κ3) is 3.40. The van der Waals surface area contributed by atoms with E-state index in [-0.39, 0.29) is 23.6 Å². The van der Waals surface area contributed by atoms with Gasteiger partial charge < -0.3 is 10.5 Å². The summed E-state index contributed by atoms with van der Waals surface area (Å²) in [5.41, 5.74) is 5.91. The maximum Gasteiger partial charge on any atom is 0.342 e. The highest BCUT2D eigenvalue weighted by Crippen LogP contribution is 2.28. The first-order chi connectivity index (χ1) is 11.8. The van der Waals surface area contributed by atoms with Crippen LogP contribution < -0.4 is 5.73 Å². The second kappa shape index (κ2) is 7.21. The van der Waals surface area contributed by atoms with Gasteiger partial charge >= 0.3 is 5.97 Å². The standard InChI is InChI=1S/C18H18N2O5/c1-4-25-18(24)15-14(16(23)13(9(2)21)10(3)22)11-7-5-6-8-12(11)20-17(15)19/h5-8,13H,4H2,1-3H3,(H2,19,20). The van der Waals surface area contributed by atoms with E-state index in [1.807, 2.05) is 0 Å². The molecule has 0 saturated heterocycles. The summed E-state index contributed by atoms with van der Waals surface area (Å²) in [5, 5.41) is 0.331. The highest BCUT2D eigenvalue weighted by atomic mass is 16.5. The van der Waals surface area contributed by atoms with Crippen LogP contribution in [0, 0.1) is 5.92 Å². The number of nitrogen functional groups attached to an aromatic ring is 1. The van der Waals surface area contributed by atoms with Crippen molar-refractivity contribution in [1.82, 2.24) is 4.98 Å². The van der Waals surface area contributed by atoms with Crippen LogP contribution in [0.3, 0.4) is 0 Å². The molecule has 7 heteroatoms. The molecule has 25 heavy (non-hydrogen) atoms. The first-order valence-corrected chi connectivity index (χ1v) is 7.70. The number of para-hydroxylation sites is 1. The van der Waals surface area contributed by atoms with Crippen molar-refractivity contribution in [3.8, 4) is 0 Å². The number of carbonyl (C=O) groups excluding carboxylic acids is 4. The molecule has 2 rings (SSSR count). The summed E-state index contributed by atoms with van der Waals surface area (Å²) in [6.45, 7) is 3.99. The summed E-state index contributed by atoms with van der Waals surface area (Å²) in [6, 6.07) is 6.55. The van der Waals surface area contributed by atoms with Crippen molar-refractivity contribution in [2.24, 2.45) is 5.92 Å². The molecule has 0 fully saturated rings. The monoisotopic (exact) mass is 342 g/mol. The summed E-state index contributed by atoms with van der Waals surface area (Å²) in [6.07, 6.45) is 0. The van der Waals surface area contributed by atoms with Crippen LogP contribution in [0.25, 0.3) is 10.9 Å². The highest BCUT2D eigenvalue weighted by Gasteiger charge is 2.34.